The van der Waals surface area contributed by atoms with E-state index in [-0.39, 0.29) is 0 Å². The fourth-order valence-electron chi connectivity index (χ4n) is 6.58. The maximum Gasteiger partial charge on any atom is 0.129 e. The standard InChI is InChI=1S/C25H29IO2/c1-25-12-11-18-19(8-7-17-13-23(27)22(26)14-20(17)18)21(25)9-10-24(25)28-15-16-5-3-2-4-6-16/h2-6,13-14,18-19,21,24,27H,7-12,15H2,1H3/t18-,19+,21-,24+,25-/m0/s1. The van der Waals surface area contributed by atoms with E-state index in [1.54, 1.807) is 0 Å². The molecule has 0 aromatic heterocycles. The number of hydrogen-bond acceptors (Lipinski definition) is 2. The lowest BCUT2D eigenvalue weighted by Gasteiger charge is -2.50. The lowest BCUT2D eigenvalue weighted by molar-refractivity contribution is -0.0707. The number of hydrogen-bond donors (Lipinski definition) is 1. The quantitative estimate of drug-likeness (QED) is 0.504. The van der Waals surface area contributed by atoms with Crippen LogP contribution in [0.1, 0.15) is 61.6 Å². The molecule has 0 bridgehead atoms. The van der Waals surface area contributed by atoms with E-state index in [1.165, 1.54) is 48.8 Å². The van der Waals surface area contributed by atoms with Crippen molar-refractivity contribution in [2.75, 3.05) is 0 Å². The minimum absolute atomic E-state index is 0.317. The van der Waals surface area contributed by atoms with Gasteiger partial charge in [-0.2, -0.15) is 0 Å². The van der Waals surface area contributed by atoms with E-state index < -0.39 is 0 Å². The lowest BCUT2D eigenvalue weighted by Crippen LogP contribution is -2.44. The Morgan fingerprint density at radius 3 is 2.75 bits per heavy atom. The molecular weight excluding hydrogens is 459 g/mol. The molecule has 3 aliphatic carbocycles. The molecule has 2 saturated carbocycles. The molecule has 5 rings (SSSR count). The number of rotatable bonds is 3. The highest BCUT2D eigenvalue weighted by Crippen LogP contribution is 2.61. The van der Waals surface area contributed by atoms with Gasteiger partial charge in [-0.15, -0.1) is 0 Å². The maximum atomic E-state index is 10.1. The second kappa shape index (κ2) is 7.32. The van der Waals surface area contributed by atoms with Gasteiger partial charge in [0.25, 0.3) is 0 Å². The number of benzene rings is 2. The topological polar surface area (TPSA) is 29.5 Å². The molecule has 3 heteroatoms. The van der Waals surface area contributed by atoms with Gasteiger partial charge in [-0.25, -0.2) is 0 Å². The summed E-state index contributed by atoms with van der Waals surface area (Å²) >= 11 is 2.28. The molecule has 0 spiro atoms. The van der Waals surface area contributed by atoms with Gasteiger partial charge in [-0.05, 0) is 113 Å². The first-order chi connectivity index (χ1) is 13.6. The Hall–Kier alpha value is -1.07. The first-order valence-electron chi connectivity index (χ1n) is 10.7. The smallest absolute Gasteiger partial charge is 0.129 e. The van der Waals surface area contributed by atoms with Gasteiger partial charge in [0.05, 0.1) is 16.3 Å². The van der Waals surface area contributed by atoms with E-state index in [0.717, 1.165) is 28.4 Å². The van der Waals surface area contributed by atoms with Crippen molar-refractivity contribution in [1.29, 1.82) is 0 Å². The average Bonchev–Trinajstić information content (AvgIpc) is 3.04. The largest absolute Gasteiger partial charge is 0.507 e. The highest BCUT2D eigenvalue weighted by Gasteiger charge is 2.55. The zero-order valence-corrected chi connectivity index (χ0v) is 18.7. The predicted octanol–water partition coefficient (Wildman–Crippen LogP) is 6.44. The van der Waals surface area contributed by atoms with E-state index in [4.69, 9.17) is 4.74 Å². The first-order valence-corrected chi connectivity index (χ1v) is 11.8. The van der Waals surface area contributed by atoms with Crippen LogP contribution in [0, 0.1) is 20.8 Å². The molecule has 2 aromatic rings. The highest BCUT2D eigenvalue weighted by molar-refractivity contribution is 14.1. The third-order valence-electron chi connectivity index (χ3n) is 8.00. The van der Waals surface area contributed by atoms with Crippen molar-refractivity contribution in [2.24, 2.45) is 17.3 Å². The van der Waals surface area contributed by atoms with Crippen LogP contribution in [0.3, 0.4) is 0 Å². The summed E-state index contributed by atoms with van der Waals surface area (Å²) in [7, 11) is 0. The molecule has 5 atom stereocenters. The van der Waals surface area contributed by atoms with Crippen molar-refractivity contribution in [3.63, 3.8) is 0 Å². The Balaban J connectivity index is 1.36. The van der Waals surface area contributed by atoms with Gasteiger partial charge in [0, 0.05) is 0 Å². The minimum atomic E-state index is 0.317. The van der Waals surface area contributed by atoms with Crippen molar-refractivity contribution in [2.45, 2.75) is 64.1 Å². The number of aryl methyl sites for hydroxylation is 1. The molecule has 148 valence electrons. The highest BCUT2D eigenvalue weighted by atomic mass is 127. The summed E-state index contributed by atoms with van der Waals surface area (Å²) in [6, 6.07) is 14.9. The van der Waals surface area contributed by atoms with E-state index in [0.29, 0.717) is 23.2 Å². The van der Waals surface area contributed by atoms with Crippen molar-refractivity contribution in [3.8, 4) is 5.75 Å². The summed E-state index contributed by atoms with van der Waals surface area (Å²) in [5, 5.41) is 10.1. The van der Waals surface area contributed by atoms with Crippen LogP contribution in [0.5, 0.6) is 5.75 Å². The number of phenols is 1. The van der Waals surface area contributed by atoms with Crippen molar-refractivity contribution >= 4 is 22.6 Å². The van der Waals surface area contributed by atoms with Crippen LogP contribution in [-0.4, -0.2) is 11.2 Å². The second-order valence-corrected chi connectivity index (χ2v) is 10.5. The van der Waals surface area contributed by atoms with Crippen molar-refractivity contribution < 1.29 is 9.84 Å². The Kier molecular flexibility index (Phi) is 4.95. The predicted molar refractivity (Wildman–Crippen MR) is 120 cm³/mol. The summed E-state index contributed by atoms with van der Waals surface area (Å²) < 4.78 is 7.51. The second-order valence-electron chi connectivity index (χ2n) is 9.33. The number of halogens is 1. The molecule has 2 fully saturated rings. The normalized spacial score (nSPS) is 33.8. The number of aromatic hydroxyl groups is 1. The molecule has 28 heavy (non-hydrogen) atoms. The Morgan fingerprint density at radius 2 is 1.93 bits per heavy atom. The van der Waals surface area contributed by atoms with Crippen LogP contribution < -0.4 is 0 Å². The van der Waals surface area contributed by atoms with Crippen LogP contribution in [0.25, 0.3) is 0 Å². The molecule has 3 aliphatic rings. The summed E-state index contributed by atoms with van der Waals surface area (Å²) in [4.78, 5) is 0. The molecule has 0 amide bonds. The zero-order valence-electron chi connectivity index (χ0n) is 16.5. The fraction of sp³-hybridized carbons (Fsp3) is 0.520. The Morgan fingerprint density at radius 1 is 1.11 bits per heavy atom. The maximum absolute atomic E-state index is 10.1. The van der Waals surface area contributed by atoms with Gasteiger partial charge >= 0.3 is 0 Å². The molecule has 2 aromatic carbocycles. The van der Waals surface area contributed by atoms with Gasteiger partial charge in [0.1, 0.15) is 5.75 Å². The van der Waals surface area contributed by atoms with Gasteiger partial charge in [0.15, 0.2) is 0 Å². The van der Waals surface area contributed by atoms with E-state index in [9.17, 15) is 5.11 Å². The molecule has 2 nitrogen and oxygen atoms in total. The van der Waals surface area contributed by atoms with Crippen LogP contribution in [0.4, 0.5) is 0 Å². The monoisotopic (exact) mass is 488 g/mol. The summed E-state index contributed by atoms with van der Waals surface area (Å²) in [6.45, 7) is 3.24. The third kappa shape index (κ3) is 3.09. The first kappa shape index (κ1) is 18.9. The minimum Gasteiger partial charge on any atom is -0.507 e. The summed E-state index contributed by atoms with van der Waals surface area (Å²) in [6.07, 6.45) is 7.80. The zero-order chi connectivity index (χ0) is 19.3. The SMILES string of the molecule is C[C@]12CC[C@@H]3c4cc(I)c(O)cc4CC[C@H]3[C@@H]1CC[C@H]2OCc1ccccc1. The third-order valence-corrected chi connectivity index (χ3v) is 8.86. The molecule has 0 heterocycles. The molecule has 0 radical (unpaired) electrons. The Labute approximate surface area is 181 Å². The molecule has 0 saturated heterocycles. The lowest BCUT2D eigenvalue weighted by atomic mass is 9.55. The molecular formula is C25H29IO2. The van der Waals surface area contributed by atoms with E-state index in [1.807, 2.05) is 6.07 Å². The Bertz CT molecular complexity index is 864. The van der Waals surface area contributed by atoms with Crippen LogP contribution in [0.15, 0.2) is 42.5 Å². The van der Waals surface area contributed by atoms with Crippen molar-refractivity contribution in [1.82, 2.24) is 0 Å². The van der Waals surface area contributed by atoms with Crippen LogP contribution >= 0.6 is 22.6 Å². The number of fused-ring (bicyclic) bond motifs is 5. The molecule has 0 aliphatic heterocycles. The summed E-state index contributed by atoms with van der Waals surface area (Å²) in [5.41, 5.74) is 4.51. The average molecular weight is 488 g/mol. The number of phenolic OH excluding ortho intramolecular Hbond substituents is 1. The van der Waals surface area contributed by atoms with Crippen LogP contribution in [0.2, 0.25) is 0 Å². The van der Waals surface area contributed by atoms with Gasteiger partial charge < -0.3 is 9.84 Å². The van der Waals surface area contributed by atoms with Crippen LogP contribution in [-0.2, 0) is 17.8 Å². The van der Waals surface area contributed by atoms with Gasteiger partial charge in [-0.1, -0.05) is 37.3 Å². The number of ether oxygens (including phenoxy) is 1. The van der Waals surface area contributed by atoms with Gasteiger partial charge in [0.2, 0.25) is 0 Å². The fourth-order valence-corrected chi connectivity index (χ4v) is 7.07. The molecule has 0 unspecified atom stereocenters. The van der Waals surface area contributed by atoms with E-state index >= 15 is 0 Å². The van der Waals surface area contributed by atoms with E-state index in [2.05, 4.69) is 65.9 Å². The van der Waals surface area contributed by atoms with Crippen molar-refractivity contribution in [3.05, 3.63) is 62.7 Å². The molecule has 1 N–H and O–H groups in total. The summed E-state index contributed by atoms with van der Waals surface area (Å²) in [5.74, 6) is 2.67. The van der Waals surface area contributed by atoms with Gasteiger partial charge in [-0.3, -0.25) is 0 Å².